The summed E-state index contributed by atoms with van der Waals surface area (Å²) in [6.07, 6.45) is 1.26. The highest BCUT2D eigenvalue weighted by Crippen LogP contribution is 2.40. The minimum absolute atomic E-state index is 0.0686. The van der Waals surface area contributed by atoms with Crippen LogP contribution in [0.15, 0.2) is 54.2 Å². The minimum Gasteiger partial charge on any atom is -0.463 e. The van der Waals surface area contributed by atoms with E-state index in [-0.39, 0.29) is 30.2 Å². The lowest BCUT2D eigenvalue weighted by Crippen LogP contribution is -2.46. The van der Waals surface area contributed by atoms with Crippen LogP contribution in [0.1, 0.15) is 34.5 Å². The number of hydrogen-bond acceptors (Lipinski definition) is 6. The molecule has 0 aromatic heterocycles. The molecule has 2 atom stereocenters. The quantitative estimate of drug-likeness (QED) is 0.188. The number of nitrogens with one attached hydrogen (secondary N) is 1. The van der Waals surface area contributed by atoms with Gasteiger partial charge in [-0.05, 0) is 64.4 Å². The molecule has 0 saturated heterocycles. The Hall–Kier alpha value is -1.47. The molecule has 2 aromatic rings. The molecule has 35 heavy (non-hydrogen) atoms. The number of ether oxygens (including phenoxy) is 1. The van der Waals surface area contributed by atoms with Gasteiger partial charge in [0.1, 0.15) is 6.45 Å². The fraction of sp³-hybridized carbons (Fsp3) is 0.238. The number of nitrogens with zero attached hydrogens (tertiary/aromatic N) is 2. The van der Waals surface area contributed by atoms with E-state index in [0.29, 0.717) is 21.7 Å². The number of esters is 1. The molecular weight excluding hydrogens is 651 g/mol. The standard InChI is InChI=1S/C21H21Cl2IN3O6PS/c1-3-32-21(29)17-12-27(11-13-4-6-14(7-5-13)20(28)25-33-34-24)35(30,31)26(2)19(17)16-9-8-15(22)10-18(16)23/h4-10,12,19,34H,3,11H2,1-2H3,(H,25,28). The molecule has 188 valence electrons. The van der Waals surface area contributed by atoms with E-state index in [1.807, 2.05) is 22.0 Å². The second-order valence-electron chi connectivity index (χ2n) is 7.25. The molecule has 1 aliphatic rings. The fourth-order valence-electron chi connectivity index (χ4n) is 3.45. The monoisotopic (exact) mass is 671 g/mol. The van der Waals surface area contributed by atoms with Crippen molar-refractivity contribution in [3.05, 3.63) is 81.0 Å². The molecular formula is C21H21Cl2IN3O6PS. The van der Waals surface area contributed by atoms with Crippen LogP contribution < -0.4 is 5.48 Å². The van der Waals surface area contributed by atoms with Gasteiger partial charge in [0, 0.05) is 28.9 Å². The van der Waals surface area contributed by atoms with Crippen LogP contribution in [0.4, 0.5) is 0 Å². The second kappa shape index (κ2) is 12.2. The lowest BCUT2D eigenvalue weighted by molar-refractivity contribution is -0.139. The summed E-state index contributed by atoms with van der Waals surface area (Å²) in [7, 11) is -2.69. The topological polar surface area (TPSA) is 105 Å². The molecule has 0 bridgehead atoms. The van der Waals surface area contributed by atoms with Gasteiger partial charge in [-0.25, -0.2) is 14.9 Å². The molecule has 0 spiro atoms. The van der Waals surface area contributed by atoms with Gasteiger partial charge < -0.3 is 4.74 Å². The zero-order valence-corrected chi connectivity index (χ0v) is 24.0. The fourth-order valence-corrected chi connectivity index (χ4v) is 5.80. The SMILES string of the molecule is CCOC(=O)C1=CN(Cc2ccc(C(=O)NOPI)cc2)S(=O)(=O)N(C)C1c1ccc(Cl)cc1Cl. The molecule has 0 saturated carbocycles. The highest BCUT2D eigenvalue weighted by atomic mass is 127. The molecule has 2 aromatic carbocycles. The maximum Gasteiger partial charge on any atom is 0.337 e. The highest BCUT2D eigenvalue weighted by molar-refractivity contribution is 14.2. The summed E-state index contributed by atoms with van der Waals surface area (Å²) in [6.45, 7) is 1.76. The van der Waals surface area contributed by atoms with Crippen molar-refractivity contribution in [3.63, 3.8) is 0 Å². The second-order valence-corrected chi connectivity index (χ2v) is 11.7. The molecule has 0 radical (unpaired) electrons. The van der Waals surface area contributed by atoms with Crippen LogP contribution in [0.25, 0.3) is 0 Å². The Bertz CT molecular complexity index is 1250. The molecule has 3 rings (SSSR count). The number of benzene rings is 2. The Balaban J connectivity index is 1.98. The van der Waals surface area contributed by atoms with E-state index in [1.165, 1.54) is 19.3 Å². The van der Waals surface area contributed by atoms with Crippen molar-refractivity contribution in [2.24, 2.45) is 0 Å². The number of hydroxylamine groups is 1. The van der Waals surface area contributed by atoms with Crippen molar-refractivity contribution in [2.75, 3.05) is 13.7 Å². The predicted molar refractivity (Wildman–Crippen MR) is 143 cm³/mol. The predicted octanol–water partition coefficient (Wildman–Crippen LogP) is 4.78. The average molecular weight is 672 g/mol. The van der Waals surface area contributed by atoms with E-state index in [1.54, 1.807) is 43.3 Å². The summed E-state index contributed by atoms with van der Waals surface area (Å²) in [5.74, 6) is -1.09. The molecule has 1 heterocycles. The summed E-state index contributed by atoms with van der Waals surface area (Å²) >= 11 is 14.3. The van der Waals surface area contributed by atoms with Gasteiger partial charge in [-0.2, -0.15) is 12.7 Å². The first-order chi connectivity index (χ1) is 16.6. The van der Waals surface area contributed by atoms with Crippen molar-refractivity contribution >= 4 is 73.8 Å². The summed E-state index contributed by atoms with van der Waals surface area (Å²) in [5.41, 5.74) is 3.74. The van der Waals surface area contributed by atoms with E-state index in [9.17, 15) is 18.0 Å². The Kier molecular flexibility index (Phi) is 9.78. The molecule has 1 aliphatic heterocycles. The number of carbonyl (C=O) groups is 2. The zero-order valence-electron chi connectivity index (χ0n) is 18.5. The van der Waals surface area contributed by atoms with Gasteiger partial charge in [-0.15, -0.1) is 0 Å². The van der Waals surface area contributed by atoms with E-state index >= 15 is 0 Å². The van der Waals surface area contributed by atoms with Gasteiger partial charge >= 0.3 is 16.2 Å². The van der Waals surface area contributed by atoms with Crippen LogP contribution in [0.2, 0.25) is 10.0 Å². The van der Waals surface area contributed by atoms with E-state index in [0.717, 1.165) is 8.61 Å². The molecule has 0 aliphatic carbocycles. The molecule has 14 heteroatoms. The van der Waals surface area contributed by atoms with Crippen molar-refractivity contribution < 1.29 is 27.4 Å². The number of carbonyl (C=O) groups excluding carboxylic acids is 2. The minimum atomic E-state index is -4.05. The first kappa shape index (κ1) is 28.1. The van der Waals surface area contributed by atoms with Crippen molar-refractivity contribution in [3.8, 4) is 0 Å². The smallest absolute Gasteiger partial charge is 0.337 e. The van der Waals surface area contributed by atoms with Gasteiger partial charge in [0.15, 0.2) is 0 Å². The molecule has 9 nitrogen and oxygen atoms in total. The van der Waals surface area contributed by atoms with Crippen LogP contribution in [0, 0.1) is 0 Å². The number of hydrogen-bond donors (Lipinski definition) is 1. The third-order valence-corrected chi connectivity index (χ3v) is 8.27. The first-order valence-corrected chi connectivity index (χ1v) is 16.3. The lowest BCUT2D eigenvalue weighted by Gasteiger charge is -2.38. The normalized spacial score (nSPS) is 17.9. The Morgan fingerprint density at radius 2 is 1.86 bits per heavy atom. The number of halogens is 3. The molecule has 0 fully saturated rings. The number of amides is 1. The highest BCUT2D eigenvalue weighted by Gasteiger charge is 2.42. The van der Waals surface area contributed by atoms with Crippen molar-refractivity contribution in [1.29, 1.82) is 0 Å². The van der Waals surface area contributed by atoms with Gasteiger partial charge in [-0.1, -0.05) is 41.4 Å². The van der Waals surface area contributed by atoms with E-state index in [4.69, 9.17) is 32.6 Å². The first-order valence-electron chi connectivity index (χ1n) is 10.1. The zero-order chi connectivity index (χ0) is 25.8. The van der Waals surface area contributed by atoms with E-state index < -0.39 is 28.1 Å². The van der Waals surface area contributed by atoms with Crippen molar-refractivity contribution in [2.45, 2.75) is 19.5 Å². The number of rotatable bonds is 8. The third-order valence-electron chi connectivity index (χ3n) is 5.11. The van der Waals surface area contributed by atoms with Gasteiger partial charge in [0.2, 0.25) is 0 Å². The summed E-state index contributed by atoms with van der Waals surface area (Å²) in [4.78, 5) is 24.9. The van der Waals surface area contributed by atoms with Gasteiger partial charge in [0.25, 0.3) is 5.91 Å². The van der Waals surface area contributed by atoms with Gasteiger partial charge in [0.05, 0.1) is 24.8 Å². The Labute approximate surface area is 228 Å². The Morgan fingerprint density at radius 3 is 2.46 bits per heavy atom. The largest absolute Gasteiger partial charge is 0.463 e. The van der Waals surface area contributed by atoms with Crippen molar-refractivity contribution in [1.82, 2.24) is 14.1 Å². The summed E-state index contributed by atoms with van der Waals surface area (Å²) in [5, 5.41) is 0.593. The van der Waals surface area contributed by atoms with Crippen LogP contribution in [0.3, 0.4) is 0 Å². The third kappa shape index (κ3) is 6.46. The number of likely N-dealkylation sites (N-methyl/N-ethyl adjacent to an activating group) is 1. The van der Waals surface area contributed by atoms with Crippen LogP contribution in [-0.4, -0.2) is 42.6 Å². The molecule has 1 N–H and O–H groups in total. The molecule has 1 amide bonds. The summed E-state index contributed by atoms with van der Waals surface area (Å²) in [6, 6.07) is 9.97. The lowest BCUT2D eigenvalue weighted by atomic mass is 9.99. The maximum absolute atomic E-state index is 13.4. The van der Waals surface area contributed by atoms with Crippen LogP contribution >= 0.6 is 51.7 Å². The molecule has 2 unspecified atom stereocenters. The van der Waals surface area contributed by atoms with E-state index in [2.05, 4.69) is 5.48 Å². The van der Waals surface area contributed by atoms with Crippen LogP contribution in [-0.2, 0) is 30.9 Å². The maximum atomic E-state index is 13.4. The average Bonchev–Trinajstić information content (AvgIpc) is 2.82. The Morgan fingerprint density at radius 1 is 1.17 bits per heavy atom. The van der Waals surface area contributed by atoms with Crippen LogP contribution in [0.5, 0.6) is 0 Å². The van der Waals surface area contributed by atoms with Gasteiger partial charge in [-0.3, -0.25) is 9.10 Å². The summed E-state index contributed by atoms with van der Waals surface area (Å²) < 4.78 is 39.0.